The number of benzene rings is 3. The lowest BCUT2D eigenvalue weighted by molar-refractivity contribution is -0.168. The summed E-state index contributed by atoms with van der Waals surface area (Å²) in [5, 5.41) is 3.64. The highest BCUT2D eigenvalue weighted by Gasteiger charge is 2.45. The van der Waals surface area contributed by atoms with E-state index in [1.54, 1.807) is 0 Å². The van der Waals surface area contributed by atoms with Crippen LogP contribution in [0.15, 0.2) is 72.8 Å². The van der Waals surface area contributed by atoms with Crippen LogP contribution >= 0.6 is 0 Å². The van der Waals surface area contributed by atoms with E-state index in [9.17, 15) is 0 Å². The number of hydrogen-bond acceptors (Lipinski definition) is 4. The van der Waals surface area contributed by atoms with Gasteiger partial charge in [-0.15, -0.1) is 0 Å². The van der Waals surface area contributed by atoms with Gasteiger partial charge in [0, 0.05) is 24.4 Å². The van der Waals surface area contributed by atoms with E-state index in [2.05, 4.69) is 107 Å². The largest absolute Gasteiger partial charge is 0.485 e. The van der Waals surface area contributed by atoms with Crippen LogP contribution in [0.1, 0.15) is 102 Å². The molecule has 1 fully saturated rings. The quantitative estimate of drug-likeness (QED) is 0.270. The van der Waals surface area contributed by atoms with Crippen LogP contribution in [0, 0.1) is 5.92 Å². The van der Waals surface area contributed by atoms with Crippen molar-refractivity contribution in [2.45, 2.75) is 110 Å². The summed E-state index contributed by atoms with van der Waals surface area (Å²) in [6.45, 7) is 13.0. The number of fused-ring (bicyclic) bond motifs is 1. The zero-order chi connectivity index (χ0) is 28.9. The maximum Gasteiger partial charge on any atom is 0.132 e. The fraction of sp³-hybridized carbons (Fsp3) is 0.514. The van der Waals surface area contributed by atoms with Crippen molar-refractivity contribution >= 4 is 5.69 Å². The van der Waals surface area contributed by atoms with E-state index in [1.165, 1.54) is 43.2 Å². The SMILES string of the molecule is CC(C)(C)c1ccc(CNc2ccc3c(c2)C(OCCC2CCCCC2)C(OCc2ccccc2)C(C)(C)O3)cc1. The lowest BCUT2D eigenvalue weighted by Crippen LogP contribution is -2.51. The van der Waals surface area contributed by atoms with Crippen LogP contribution in [0.25, 0.3) is 0 Å². The molecular weight excluding hydrogens is 506 g/mol. The molecule has 0 bridgehead atoms. The summed E-state index contributed by atoms with van der Waals surface area (Å²) in [5.74, 6) is 1.66. The first kappa shape index (κ1) is 29.7. The van der Waals surface area contributed by atoms with Crippen LogP contribution in [0.2, 0.25) is 0 Å². The second kappa shape index (κ2) is 13.0. The van der Waals surface area contributed by atoms with E-state index in [4.69, 9.17) is 14.2 Å². The van der Waals surface area contributed by atoms with Gasteiger partial charge < -0.3 is 19.5 Å². The molecule has 3 aromatic rings. The van der Waals surface area contributed by atoms with Crippen molar-refractivity contribution in [1.82, 2.24) is 0 Å². The first-order chi connectivity index (χ1) is 19.7. The normalized spacial score (nSPS) is 20.7. The molecular formula is C37H49NO3. The number of nitrogens with one attached hydrogen (secondary N) is 1. The van der Waals surface area contributed by atoms with E-state index in [0.29, 0.717) is 6.61 Å². The van der Waals surface area contributed by atoms with Gasteiger partial charge in [-0.2, -0.15) is 0 Å². The summed E-state index contributed by atoms with van der Waals surface area (Å²) >= 11 is 0. The fourth-order valence-corrected chi connectivity index (χ4v) is 6.23. The molecule has 2 unspecified atom stereocenters. The van der Waals surface area contributed by atoms with Crippen LogP contribution in [-0.4, -0.2) is 18.3 Å². The smallest absolute Gasteiger partial charge is 0.132 e. The van der Waals surface area contributed by atoms with Gasteiger partial charge in [-0.3, -0.25) is 0 Å². The molecule has 220 valence electrons. The van der Waals surface area contributed by atoms with Gasteiger partial charge in [-0.1, -0.05) is 107 Å². The highest BCUT2D eigenvalue weighted by molar-refractivity contribution is 5.54. The summed E-state index contributed by atoms with van der Waals surface area (Å²) in [6.07, 6.45) is 7.43. The molecule has 41 heavy (non-hydrogen) atoms. The summed E-state index contributed by atoms with van der Waals surface area (Å²) in [7, 11) is 0. The Bertz CT molecular complexity index is 1240. The zero-order valence-corrected chi connectivity index (χ0v) is 25.7. The highest BCUT2D eigenvalue weighted by Crippen LogP contribution is 2.45. The predicted octanol–water partition coefficient (Wildman–Crippen LogP) is 9.38. The van der Waals surface area contributed by atoms with Crippen molar-refractivity contribution in [3.8, 4) is 5.75 Å². The van der Waals surface area contributed by atoms with E-state index in [0.717, 1.165) is 48.1 Å². The molecule has 2 aliphatic rings. The van der Waals surface area contributed by atoms with E-state index in [1.807, 2.05) is 6.07 Å². The van der Waals surface area contributed by atoms with Crippen LogP contribution in [0.3, 0.4) is 0 Å². The van der Waals surface area contributed by atoms with Gasteiger partial charge in [0.15, 0.2) is 0 Å². The first-order valence-electron chi connectivity index (χ1n) is 15.6. The summed E-state index contributed by atoms with van der Waals surface area (Å²) in [5.41, 5.74) is 5.53. The van der Waals surface area contributed by atoms with Gasteiger partial charge in [-0.05, 0) is 66.5 Å². The van der Waals surface area contributed by atoms with Crippen LogP contribution in [0.4, 0.5) is 5.69 Å². The molecule has 0 spiro atoms. The van der Waals surface area contributed by atoms with E-state index >= 15 is 0 Å². The molecule has 2 atom stereocenters. The minimum atomic E-state index is -0.527. The van der Waals surface area contributed by atoms with Crippen molar-refractivity contribution in [1.29, 1.82) is 0 Å². The van der Waals surface area contributed by atoms with Crippen molar-refractivity contribution in [2.24, 2.45) is 5.92 Å². The first-order valence-corrected chi connectivity index (χ1v) is 15.6. The Morgan fingerprint density at radius 3 is 2.29 bits per heavy atom. The minimum absolute atomic E-state index is 0.156. The molecule has 0 radical (unpaired) electrons. The minimum Gasteiger partial charge on any atom is -0.485 e. The van der Waals surface area contributed by atoms with E-state index < -0.39 is 5.60 Å². The Hall–Kier alpha value is -2.82. The van der Waals surface area contributed by atoms with Crippen LogP contribution in [0.5, 0.6) is 5.75 Å². The molecule has 4 nitrogen and oxygen atoms in total. The maximum atomic E-state index is 6.78. The molecule has 0 aromatic heterocycles. The molecule has 4 heteroatoms. The summed E-state index contributed by atoms with van der Waals surface area (Å²) < 4.78 is 20.0. The van der Waals surface area contributed by atoms with Gasteiger partial charge >= 0.3 is 0 Å². The second-order valence-electron chi connectivity index (χ2n) is 13.6. The number of hydrogen-bond donors (Lipinski definition) is 1. The van der Waals surface area contributed by atoms with Gasteiger partial charge in [0.05, 0.1) is 6.61 Å². The second-order valence-corrected chi connectivity index (χ2v) is 13.6. The van der Waals surface area contributed by atoms with E-state index in [-0.39, 0.29) is 17.6 Å². The monoisotopic (exact) mass is 555 g/mol. The summed E-state index contributed by atoms with van der Waals surface area (Å²) in [6, 6.07) is 25.7. The third-order valence-corrected chi connectivity index (χ3v) is 8.79. The standard InChI is InChI=1S/C37H49NO3/c1-36(2,3)30-18-16-28(17-19-30)25-38-31-20-21-33-32(24-31)34(39-23-22-27-12-8-6-9-13-27)35(37(4,5)41-33)40-26-29-14-10-7-11-15-29/h7,10-11,14-21,24,27,34-35,38H,6,8-9,12-13,22-23,25-26H2,1-5H3. The lowest BCUT2D eigenvalue weighted by atomic mass is 9.86. The van der Waals surface area contributed by atoms with Crippen LogP contribution < -0.4 is 10.1 Å². The van der Waals surface area contributed by atoms with Gasteiger partial charge in [0.25, 0.3) is 0 Å². The third kappa shape index (κ3) is 7.72. The van der Waals surface area contributed by atoms with Crippen LogP contribution in [-0.2, 0) is 28.0 Å². The Morgan fingerprint density at radius 2 is 1.59 bits per heavy atom. The zero-order valence-electron chi connectivity index (χ0n) is 25.7. The number of rotatable bonds is 10. The third-order valence-electron chi connectivity index (χ3n) is 8.79. The molecule has 3 aromatic carbocycles. The topological polar surface area (TPSA) is 39.7 Å². The van der Waals surface area contributed by atoms with Crippen molar-refractivity contribution in [2.75, 3.05) is 11.9 Å². The number of anilines is 1. The predicted molar refractivity (Wildman–Crippen MR) is 169 cm³/mol. The molecule has 1 heterocycles. The Kier molecular flexibility index (Phi) is 9.41. The highest BCUT2D eigenvalue weighted by atomic mass is 16.6. The molecule has 1 aliphatic heterocycles. The Balaban J connectivity index is 1.34. The van der Waals surface area contributed by atoms with Gasteiger partial charge in [0.2, 0.25) is 0 Å². The van der Waals surface area contributed by atoms with Crippen molar-refractivity contribution in [3.05, 3.63) is 95.1 Å². The number of ether oxygens (including phenoxy) is 3. The molecule has 1 N–H and O–H groups in total. The fourth-order valence-electron chi connectivity index (χ4n) is 6.23. The molecule has 0 amide bonds. The maximum absolute atomic E-state index is 6.78. The average Bonchev–Trinajstić information content (AvgIpc) is 2.96. The molecule has 1 saturated carbocycles. The molecule has 0 saturated heterocycles. The Morgan fingerprint density at radius 1 is 0.854 bits per heavy atom. The molecule has 5 rings (SSSR count). The van der Waals surface area contributed by atoms with Crippen molar-refractivity contribution < 1.29 is 14.2 Å². The molecule has 1 aliphatic carbocycles. The van der Waals surface area contributed by atoms with Gasteiger partial charge in [0.1, 0.15) is 23.6 Å². The lowest BCUT2D eigenvalue weighted by Gasteiger charge is -2.44. The average molecular weight is 556 g/mol. The summed E-state index contributed by atoms with van der Waals surface area (Å²) in [4.78, 5) is 0. The Labute approximate surface area is 247 Å². The van der Waals surface area contributed by atoms with Gasteiger partial charge in [-0.25, -0.2) is 0 Å². The van der Waals surface area contributed by atoms with Crippen molar-refractivity contribution in [3.63, 3.8) is 0 Å².